The first kappa shape index (κ1) is 41.8. The summed E-state index contributed by atoms with van der Waals surface area (Å²) in [5, 5.41) is 11.1. The number of hydrogen-bond acceptors (Lipinski definition) is 11. The van der Waals surface area contributed by atoms with Crippen LogP contribution in [0.4, 0.5) is 5.82 Å². The average molecular weight is 741 g/mol. The summed E-state index contributed by atoms with van der Waals surface area (Å²) in [6.07, 6.45) is 1.61. The Hall–Kier alpha value is -2.62. The van der Waals surface area contributed by atoms with Gasteiger partial charge in [-0.1, -0.05) is 30.7 Å². The molecule has 0 saturated carbocycles. The summed E-state index contributed by atoms with van der Waals surface area (Å²) >= 11 is 6.23. The van der Waals surface area contributed by atoms with Gasteiger partial charge in [0.25, 0.3) is 0 Å². The number of fused-ring (bicyclic) bond motifs is 1. The second-order valence-electron chi connectivity index (χ2n) is 13.0. The quantitative estimate of drug-likeness (QED) is 0.205. The van der Waals surface area contributed by atoms with Crippen molar-refractivity contribution in [1.29, 1.82) is 0 Å². The Morgan fingerprint density at radius 3 is 2.28 bits per heavy atom. The van der Waals surface area contributed by atoms with Gasteiger partial charge in [0, 0.05) is 76.0 Å². The number of aromatic nitrogens is 2. The number of aliphatic hydroxyl groups excluding tert-OH is 1. The Balaban J connectivity index is 0.00000676. The van der Waals surface area contributed by atoms with Gasteiger partial charge in [-0.3, -0.25) is 14.5 Å². The zero-order valence-electron chi connectivity index (χ0n) is 29.8. The average Bonchev–Trinajstić information content (AvgIpc) is 3.40. The molecule has 2 aromatic rings. The van der Waals surface area contributed by atoms with Crippen LogP contribution in [0.3, 0.4) is 0 Å². The zero-order valence-corrected chi connectivity index (χ0v) is 31.4. The van der Waals surface area contributed by atoms with Crippen LogP contribution in [0.1, 0.15) is 62.0 Å². The monoisotopic (exact) mass is 739 g/mol. The molecule has 2 aliphatic rings. The van der Waals surface area contributed by atoms with Gasteiger partial charge in [-0.25, -0.2) is 9.97 Å². The lowest BCUT2D eigenvalue weighted by Gasteiger charge is -2.39. The van der Waals surface area contributed by atoms with Crippen molar-refractivity contribution in [2.45, 2.75) is 51.2 Å². The minimum atomic E-state index is -0.562. The number of likely N-dealkylation sites (N-methyl/N-ethyl adjacent to an activating group) is 1. The van der Waals surface area contributed by atoms with E-state index in [9.17, 15) is 14.7 Å². The van der Waals surface area contributed by atoms with Gasteiger partial charge >= 0.3 is 0 Å². The number of amides is 2. The van der Waals surface area contributed by atoms with Crippen molar-refractivity contribution in [1.82, 2.24) is 24.7 Å². The number of rotatable bonds is 19. The molecule has 1 unspecified atom stereocenters. The van der Waals surface area contributed by atoms with Gasteiger partial charge in [0.1, 0.15) is 18.8 Å². The largest absolute Gasteiger partial charge is 0.387 e. The van der Waals surface area contributed by atoms with Gasteiger partial charge in [-0.2, -0.15) is 0 Å². The number of piperazine rings is 1. The van der Waals surface area contributed by atoms with Crippen LogP contribution in [0.25, 0.3) is 0 Å². The molecule has 1 aliphatic heterocycles. The number of carbonyl (C=O) groups is 2. The minimum absolute atomic E-state index is 0. The van der Waals surface area contributed by atoms with E-state index in [0.29, 0.717) is 96.8 Å². The second kappa shape index (κ2) is 21.0. The van der Waals surface area contributed by atoms with Crippen LogP contribution in [0.15, 0.2) is 30.6 Å². The van der Waals surface area contributed by atoms with Crippen LogP contribution < -0.4 is 10.6 Å². The normalized spacial score (nSPS) is 17.9. The van der Waals surface area contributed by atoms with Gasteiger partial charge in [0.15, 0.2) is 0 Å². The highest BCUT2D eigenvalue weighted by atomic mass is 35.5. The molecular formula is C35H55Cl2N7O6. The molecule has 280 valence electrons. The van der Waals surface area contributed by atoms with Gasteiger partial charge < -0.3 is 39.8 Å². The number of ether oxygens (including phenoxy) is 3. The third kappa shape index (κ3) is 11.7. The molecule has 1 aromatic carbocycles. The van der Waals surface area contributed by atoms with Crippen LogP contribution in [-0.2, 0) is 23.8 Å². The molecule has 2 amide bonds. The Morgan fingerprint density at radius 1 is 1.00 bits per heavy atom. The minimum Gasteiger partial charge on any atom is -0.387 e. The lowest BCUT2D eigenvalue weighted by Crippen LogP contribution is -2.52. The van der Waals surface area contributed by atoms with E-state index in [0.717, 1.165) is 22.6 Å². The number of carbonyl (C=O) groups excluding carboxylic acids is 2. The van der Waals surface area contributed by atoms with E-state index < -0.39 is 12.0 Å². The summed E-state index contributed by atoms with van der Waals surface area (Å²) in [4.78, 5) is 44.0. The fraction of sp³-hybridized carbons (Fsp3) is 0.657. The van der Waals surface area contributed by atoms with E-state index in [-0.39, 0.29) is 42.8 Å². The molecule has 3 atom stereocenters. The Kier molecular flexibility index (Phi) is 17.6. The molecule has 1 saturated heterocycles. The third-order valence-corrected chi connectivity index (χ3v) is 9.52. The van der Waals surface area contributed by atoms with E-state index in [2.05, 4.69) is 40.5 Å². The van der Waals surface area contributed by atoms with Crippen LogP contribution in [-0.4, -0.2) is 147 Å². The molecule has 3 N–H and O–H groups in total. The molecule has 0 bridgehead atoms. The van der Waals surface area contributed by atoms with Crippen LogP contribution >= 0.6 is 24.0 Å². The summed E-state index contributed by atoms with van der Waals surface area (Å²) in [6, 6.07) is 7.66. The summed E-state index contributed by atoms with van der Waals surface area (Å²) < 4.78 is 16.2. The van der Waals surface area contributed by atoms with Crippen molar-refractivity contribution < 1.29 is 28.9 Å². The number of anilines is 1. The number of nitrogens with zero attached hydrogens (tertiary/aromatic N) is 6. The fourth-order valence-electron chi connectivity index (χ4n) is 6.33. The number of aliphatic hydroxyl groups is 1. The fourth-order valence-corrected chi connectivity index (χ4v) is 6.45. The molecule has 0 spiro atoms. The highest BCUT2D eigenvalue weighted by Crippen LogP contribution is 2.42. The topological polar surface area (TPSA) is 147 Å². The van der Waals surface area contributed by atoms with E-state index in [1.807, 2.05) is 29.2 Å². The number of hydrogen-bond donors (Lipinski definition) is 2. The third-order valence-electron chi connectivity index (χ3n) is 9.27. The van der Waals surface area contributed by atoms with Crippen LogP contribution in [0.5, 0.6) is 0 Å². The first-order valence-corrected chi connectivity index (χ1v) is 17.7. The van der Waals surface area contributed by atoms with Crippen molar-refractivity contribution in [3.63, 3.8) is 0 Å². The van der Waals surface area contributed by atoms with Crippen molar-refractivity contribution in [3.8, 4) is 0 Å². The molecule has 1 fully saturated rings. The predicted octanol–water partition coefficient (Wildman–Crippen LogP) is 2.70. The maximum Gasteiger partial charge on any atom is 0.248 e. The van der Waals surface area contributed by atoms with Gasteiger partial charge in [0.2, 0.25) is 11.8 Å². The standard InChI is InChI=1S/C35H54ClN7O6.ClH/c1-25(2)43(11-10-40(4)31(45)23-49-20-19-48-18-17-47-16-9-37)22-29(27-5-7-28(36)8-6-27)35(46)42-14-12-41(13-15-42)34-32-26(3)21-30(44)33(32)38-24-39-34;/h5-8,24-26,29-30,44H,9-23,37H2,1-4H3;1H/t26-,29?,30-;/m1./s1. The van der Waals surface area contributed by atoms with Crippen LogP contribution in [0.2, 0.25) is 5.02 Å². The lowest BCUT2D eigenvalue weighted by atomic mass is 9.95. The summed E-state index contributed by atoms with van der Waals surface area (Å²) in [5.74, 6) is 0.584. The molecule has 4 rings (SSSR count). The summed E-state index contributed by atoms with van der Waals surface area (Å²) in [5.41, 5.74) is 8.03. The van der Waals surface area contributed by atoms with Crippen molar-refractivity contribution in [3.05, 3.63) is 52.4 Å². The molecule has 13 nitrogen and oxygen atoms in total. The number of nitrogens with two attached hydrogens (primary N) is 1. The Morgan fingerprint density at radius 2 is 1.64 bits per heavy atom. The first-order chi connectivity index (χ1) is 23.6. The molecule has 0 radical (unpaired) electrons. The second-order valence-corrected chi connectivity index (χ2v) is 13.5. The molecular weight excluding hydrogens is 685 g/mol. The van der Waals surface area contributed by atoms with Crippen molar-refractivity contribution in [2.75, 3.05) is 104 Å². The molecule has 15 heteroatoms. The maximum atomic E-state index is 14.3. The number of benzene rings is 1. The lowest BCUT2D eigenvalue weighted by molar-refractivity contribution is -0.136. The van der Waals surface area contributed by atoms with E-state index in [1.165, 1.54) is 6.33 Å². The highest BCUT2D eigenvalue weighted by molar-refractivity contribution is 6.30. The highest BCUT2D eigenvalue weighted by Gasteiger charge is 2.35. The molecule has 1 aromatic heterocycles. The number of halogens is 2. The first-order valence-electron chi connectivity index (χ1n) is 17.3. The summed E-state index contributed by atoms with van der Waals surface area (Å²) in [6.45, 7) is 12.9. The van der Waals surface area contributed by atoms with Crippen molar-refractivity contribution >= 4 is 41.6 Å². The van der Waals surface area contributed by atoms with Gasteiger partial charge in [0.05, 0.1) is 50.8 Å². The predicted molar refractivity (Wildman–Crippen MR) is 196 cm³/mol. The SMILES string of the molecule is CC(C)N(CCN(C)C(=O)COCCOCCOCCN)CC(C(=O)N1CCN(c2ncnc3c2[C@H](C)C[C@H]3O)CC1)c1ccc(Cl)cc1.Cl. The molecule has 2 heterocycles. The Labute approximate surface area is 307 Å². The van der Waals surface area contributed by atoms with E-state index in [4.69, 9.17) is 31.5 Å². The van der Waals surface area contributed by atoms with E-state index >= 15 is 0 Å². The van der Waals surface area contributed by atoms with Crippen LogP contribution in [0, 0.1) is 0 Å². The van der Waals surface area contributed by atoms with E-state index in [1.54, 1.807) is 11.9 Å². The van der Waals surface area contributed by atoms with Crippen molar-refractivity contribution in [2.24, 2.45) is 5.73 Å². The maximum absolute atomic E-state index is 14.3. The smallest absolute Gasteiger partial charge is 0.248 e. The van der Waals surface area contributed by atoms with Gasteiger partial charge in [-0.15, -0.1) is 12.4 Å². The zero-order chi connectivity index (χ0) is 35.3. The molecule has 1 aliphatic carbocycles. The summed E-state index contributed by atoms with van der Waals surface area (Å²) in [7, 11) is 1.77. The molecule has 50 heavy (non-hydrogen) atoms. The van der Waals surface area contributed by atoms with Gasteiger partial charge in [-0.05, 0) is 43.9 Å². The Bertz CT molecular complexity index is 1330.